The summed E-state index contributed by atoms with van der Waals surface area (Å²) in [5.41, 5.74) is 0.390. The molecular formula is C15H20O4. The predicted molar refractivity (Wildman–Crippen MR) is 71.8 cm³/mol. The molecule has 1 saturated carbocycles. The molecule has 0 unspecified atom stereocenters. The largest absolute Gasteiger partial charge is 0.493 e. The summed E-state index contributed by atoms with van der Waals surface area (Å²) in [7, 11) is 3.18. The Morgan fingerprint density at radius 3 is 2.37 bits per heavy atom. The molecule has 1 aromatic rings. The summed E-state index contributed by atoms with van der Waals surface area (Å²) in [6.07, 6.45) is 4.08. The van der Waals surface area contributed by atoms with Crippen molar-refractivity contribution < 1.29 is 19.4 Å². The van der Waals surface area contributed by atoms with Crippen LogP contribution in [0.4, 0.5) is 0 Å². The van der Waals surface area contributed by atoms with Gasteiger partial charge in [-0.05, 0) is 37.0 Å². The highest BCUT2D eigenvalue weighted by Gasteiger charge is 2.41. The molecule has 0 aliphatic heterocycles. The van der Waals surface area contributed by atoms with E-state index in [-0.39, 0.29) is 0 Å². The number of hydrogen-bond donors (Lipinski definition) is 1. The Hall–Kier alpha value is -1.71. The van der Waals surface area contributed by atoms with E-state index in [1.54, 1.807) is 14.2 Å². The first-order valence-corrected chi connectivity index (χ1v) is 6.55. The molecule has 1 aliphatic rings. The van der Waals surface area contributed by atoms with Gasteiger partial charge in [0.15, 0.2) is 11.5 Å². The maximum absolute atomic E-state index is 11.5. The van der Waals surface area contributed by atoms with Crippen LogP contribution in [0.1, 0.15) is 31.2 Å². The summed E-state index contributed by atoms with van der Waals surface area (Å²) < 4.78 is 10.5. The van der Waals surface area contributed by atoms with Gasteiger partial charge in [-0.25, -0.2) is 0 Å². The first-order valence-electron chi connectivity index (χ1n) is 6.55. The average molecular weight is 264 g/mol. The molecule has 0 amide bonds. The lowest BCUT2D eigenvalue weighted by Gasteiger charge is -2.24. The maximum atomic E-state index is 11.5. The molecule has 1 N–H and O–H groups in total. The zero-order chi connectivity index (χ0) is 13.9. The summed E-state index contributed by atoms with van der Waals surface area (Å²) >= 11 is 0. The highest BCUT2D eigenvalue weighted by Crippen LogP contribution is 2.42. The Morgan fingerprint density at radius 1 is 1.21 bits per heavy atom. The van der Waals surface area contributed by atoms with Crippen LogP contribution >= 0.6 is 0 Å². The van der Waals surface area contributed by atoms with Gasteiger partial charge >= 0.3 is 5.97 Å². The van der Waals surface area contributed by atoms with Crippen molar-refractivity contribution >= 4 is 5.97 Å². The van der Waals surface area contributed by atoms with E-state index in [0.717, 1.165) is 31.2 Å². The van der Waals surface area contributed by atoms with Gasteiger partial charge in [0, 0.05) is 0 Å². The number of hydrogen-bond acceptors (Lipinski definition) is 3. The molecule has 0 aromatic heterocycles. The molecule has 104 valence electrons. The lowest BCUT2D eigenvalue weighted by molar-refractivity contribution is -0.148. The van der Waals surface area contributed by atoms with Gasteiger partial charge in [-0.2, -0.15) is 0 Å². The van der Waals surface area contributed by atoms with Gasteiger partial charge in [-0.3, -0.25) is 4.79 Å². The first kappa shape index (κ1) is 13.7. The van der Waals surface area contributed by atoms with E-state index in [4.69, 9.17) is 9.47 Å². The monoisotopic (exact) mass is 264 g/mol. The predicted octanol–water partition coefficient (Wildman–Crippen LogP) is 2.89. The zero-order valence-corrected chi connectivity index (χ0v) is 11.4. The Bertz CT molecular complexity index is 461. The molecule has 0 spiro atoms. The van der Waals surface area contributed by atoms with Crippen molar-refractivity contribution in [2.45, 2.75) is 32.1 Å². The van der Waals surface area contributed by atoms with Crippen molar-refractivity contribution in [1.29, 1.82) is 0 Å². The molecular weight excluding hydrogens is 244 g/mol. The fourth-order valence-corrected chi connectivity index (χ4v) is 2.90. The third kappa shape index (κ3) is 2.67. The molecule has 1 fully saturated rings. The smallest absolute Gasteiger partial charge is 0.309 e. The van der Waals surface area contributed by atoms with Gasteiger partial charge in [0.2, 0.25) is 0 Å². The van der Waals surface area contributed by atoms with Crippen LogP contribution in [0.5, 0.6) is 11.5 Å². The van der Waals surface area contributed by atoms with Crippen LogP contribution in [0.15, 0.2) is 18.2 Å². The summed E-state index contributed by atoms with van der Waals surface area (Å²) in [4.78, 5) is 11.5. The minimum Gasteiger partial charge on any atom is -0.493 e. The number of rotatable bonds is 5. The zero-order valence-electron chi connectivity index (χ0n) is 11.4. The molecule has 0 atom stereocenters. The van der Waals surface area contributed by atoms with Crippen molar-refractivity contribution in [2.24, 2.45) is 5.41 Å². The van der Waals surface area contributed by atoms with Crippen LogP contribution in [0.3, 0.4) is 0 Å². The quantitative estimate of drug-likeness (QED) is 0.888. The molecule has 0 heterocycles. The summed E-state index contributed by atoms with van der Waals surface area (Å²) in [6.45, 7) is 0. The van der Waals surface area contributed by atoms with Crippen LogP contribution in [0.2, 0.25) is 0 Å². The molecule has 1 aliphatic carbocycles. The number of ether oxygens (including phenoxy) is 2. The van der Waals surface area contributed by atoms with E-state index < -0.39 is 11.4 Å². The number of carboxylic acid groups (broad SMARTS) is 1. The number of benzene rings is 1. The van der Waals surface area contributed by atoms with E-state index >= 15 is 0 Å². The summed E-state index contributed by atoms with van der Waals surface area (Å²) in [5.74, 6) is 0.639. The van der Waals surface area contributed by atoms with Gasteiger partial charge in [0.1, 0.15) is 0 Å². The summed E-state index contributed by atoms with van der Waals surface area (Å²) in [6, 6.07) is 5.63. The van der Waals surface area contributed by atoms with Crippen LogP contribution in [0.25, 0.3) is 0 Å². The fourth-order valence-electron chi connectivity index (χ4n) is 2.90. The minimum absolute atomic E-state index is 0.558. The van der Waals surface area contributed by atoms with E-state index in [2.05, 4.69) is 0 Å². The molecule has 2 rings (SSSR count). The second kappa shape index (κ2) is 5.51. The molecule has 19 heavy (non-hydrogen) atoms. The molecule has 1 aromatic carbocycles. The van der Waals surface area contributed by atoms with Crippen molar-refractivity contribution in [3.8, 4) is 11.5 Å². The lowest BCUT2D eigenvalue weighted by atomic mass is 9.80. The van der Waals surface area contributed by atoms with E-state index in [1.807, 2.05) is 18.2 Å². The van der Waals surface area contributed by atoms with Crippen LogP contribution in [-0.2, 0) is 11.2 Å². The average Bonchev–Trinajstić information content (AvgIpc) is 2.88. The first-order chi connectivity index (χ1) is 9.11. The third-order valence-electron chi connectivity index (χ3n) is 4.00. The number of carbonyl (C=O) groups is 1. The van der Waals surface area contributed by atoms with Gasteiger partial charge < -0.3 is 14.6 Å². The number of carboxylic acids is 1. The molecule has 4 heteroatoms. The molecule has 4 nitrogen and oxygen atoms in total. The van der Waals surface area contributed by atoms with Gasteiger partial charge in [-0.15, -0.1) is 0 Å². The van der Waals surface area contributed by atoms with Crippen molar-refractivity contribution in [3.05, 3.63) is 23.8 Å². The van der Waals surface area contributed by atoms with Crippen molar-refractivity contribution in [2.75, 3.05) is 14.2 Å². The van der Waals surface area contributed by atoms with Crippen molar-refractivity contribution in [1.82, 2.24) is 0 Å². The number of aliphatic carboxylic acids is 1. The minimum atomic E-state index is -0.681. The standard InChI is InChI=1S/C15H20O4/c1-18-12-6-5-11(9-13(12)19-2)10-15(14(16)17)7-3-4-8-15/h5-6,9H,3-4,7-8,10H2,1-2H3,(H,16,17). The molecule has 0 bridgehead atoms. The third-order valence-corrected chi connectivity index (χ3v) is 4.00. The highest BCUT2D eigenvalue weighted by molar-refractivity contribution is 5.75. The van der Waals surface area contributed by atoms with E-state index in [1.165, 1.54) is 0 Å². The lowest BCUT2D eigenvalue weighted by Crippen LogP contribution is -2.30. The normalized spacial score (nSPS) is 17.2. The SMILES string of the molecule is COc1ccc(CC2(C(=O)O)CCCC2)cc1OC. The van der Waals surface area contributed by atoms with Crippen LogP contribution < -0.4 is 9.47 Å². The fraction of sp³-hybridized carbons (Fsp3) is 0.533. The van der Waals surface area contributed by atoms with E-state index in [0.29, 0.717) is 17.9 Å². The van der Waals surface area contributed by atoms with Crippen molar-refractivity contribution in [3.63, 3.8) is 0 Å². The Labute approximate surface area is 113 Å². The second-order valence-electron chi connectivity index (χ2n) is 5.16. The maximum Gasteiger partial charge on any atom is 0.309 e. The Kier molecular flexibility index (Phi) is 3.98. The van der Waals surface area contributed by atoms with E-state index in [9.17, 15) is 9.90 Å². The molecule has 0 radical (unpaired) electrons. The highest BCUT2D eigenvalue weighted by atomic mass is 16.5. The van der Waals surface area contributed by atoms with Gasteiger partial charge in [0.05, 0.1) is 19.6 Å². The van der Waals surface area contributed by atoms with Crippen LogP contribution in [0, 0.1) is 5.41 Å². The van der Waals surface area contributed by atoms with Gasteiger partial charge in [-0.1, -0.05) is 18.9 Å². The molecule has 0 saturated heterocycles. The summed E-state index contributed by atoms with van der Waals surface area (Å²) in [5, 5.41) is 9.50. The second-order valence-corrected chi connectivity index (χ2v) is 5.16. The Balaban J connectivity index is 2.25. The van der Waals surface area contributed by atoms with Gasteiger partial charge in [0.25, 0.3) is 0 Å². The number of methoxy groups -OCH3 is 2. The topological polar surface area (TPSA) is 55.8 Å². The van der Waals surface area contributed by atoms with Crippen LogP contribution in [-0.4, -0.2) is 25.3 Å². The Morgan fingerprint density at radius 2 is 1.84 bits per heavy atom.